The second kappa shape index (κ2) is 5.88. The average molecular weight is 360 g/mol. The molecular formula is C20H16N4O3. The first-order valence-electron chi connectivity index (χ1n) is 8.31. The van der Waals surface area contributed by atoms with Gasteiger partial charge in [-0.2, -0.15) is 5.26 Å². The van der Waals surface area contributed by atoms with Gasteiger partial charge in [0.1, 0.15) is 11.6 Å². The van der Waals surface area contributed by atoms with Crippen LogP contribution in [-0.2, 0) is 14.1 Å². The number of rotatable bonds is 1. The number of allylic oxidation sites excluding steroid dienone is 1. The Labute approximate surface area is 154 Å². The van der Waals surface area contributed by atoms with Gasteiger partial charge in [-0.15, -0.1) is 0 Å². The van der Waals surface area contributed by atoms with E-state index >= 15 is 0 Å². The van der Waals surface area contributed by atoms with E-state index in [-0.39, 0.29) is 22.9 Å². The van der Waals surface area contributed by atoms with Crippen LogP contribution in [0.5, 0.6) is 5.88 Å². The van der Waals surface area contributed by atoms with Crippen molar-refractivity contribution in [3.05, 3.63) is 85.9 Å². The monoisotopic (exact) mass is 360 g/mol. The molecule has 3 aromatic rings. The van der Waals surface area contributed by atoms with E-state index in [1.54, 1.807) is 0 Å². The molecule has 134 valence electrons. The van der Waals surface area contributed by atoms with Crippen LogP contribution in [0.1, 0.15) is 17.0 Å². The molecule has 0 saturated carbocycles. The molecule has 2 heterocycles. The van der Waals surface area contributed by atoms with Crippen LogP contribution in [0.3, 0.4) is 0 Å². The maximum atomic E-state index is 13.0. The Hall–Kier alpha value is -3.79. The second-order valence-electron chi connectivity index (χ2n) is 6.42. The molecular weight excluding hydrogens is 344 g/mol. The molecule has 7 nitrogen and oxygen atoms in total. The zero-order valence-corrected chi connectivity index (χ0v) is 14.8. The number of hydrogen-bond acceptors (Lipinski definition) is 5. The number of hydrogen-bond donors (Lipinski definition) is 1. The zero-order chi connectivity index (χ0) is 19.3. The first-order chi connectivity index (χ1) is 13.0. The van der Waals surface area contributed by atoms with Crippen molar-refractivity contribution in [2.45, 2.75) is 5.92 Å². The Kier molecular flexibility index (Phi) is 3.63. The summed E-state index contributed by atoms with van der Waals surface area (Å²) in [6.07, 6.45) is 0. The van der Waals surface area contributed by atoms with Gasteiger partial charge in [0.15, 0.2) is 0 Å². The summed E-state index contributed by atoms with van der Waals surface area (Å²) in [5, 5.41) is 11.6. The smallest absolute Gasteiger partial charge is 0.333 e. The van der Waals surface area contributed by atoms with Gasteiger partial charge < -0.3 is 10.5 Å². The molecule has 1 aliphatic rings. The van der Waals surface area contributed by atoms with Crippen molar-refractivity contribution in [2.75, 3.05) is 0 Å². The highest BCUT2D eigenvalue weighted by molar-refractivity contribution is 5.87. The standard InChI is InChI=1S/C20H16N4O3/c1-23-18(25)16-15(13-9-5-7-11-6-3-4-8-12(11)13)14(10-21)17(22)27-19(16)24(2)20(23)26/h3-9,15H,22H2,1-2H3. The van der Waals surface area contributed by atoms with Gasteiger partial charge in [0.05, 0.1) is 11.5 Å². The quantitative estimate of drug-likeness (QED) is 0.708. The average Bonchev–Trinajstić information content (AvgIpc) is 2.69. The van der Waals surface area contributed by atoms with Crippen LogP contribution in [0.4, 0.5) is 0 Å². The van der Waals surface area contributed by atoms with E-state index in [0.717, 1.165) is 20.9 Å². The number of fused-ring (bicyclic) bond motifs is 2. The Morgan fingerprint density at radius 3 is 2.52 bits per heavy atom. The van der Waals surface area contributed by atoms with E-state index in [1.807, 2.05) is 42.5 Å². The van der Waals surface area contributed by atoms with Gasteiger partial charge in [-0.05, 0) is 16.3 Å². The molecule has 7 heteroatoms. The minimum atomic E-state index is -0.727. The summed E-state index contributed by atoms with van der Waals surface area (Å²) < 4.78 is 7.77. The molecule has 4 rings (SSSR count). The summed E-state index contributed by atoms with van der Waals surface area (Å²) in [5.41, 5.74) is 6.09. The summed E-state index contributed by atoms with van der Waals surface area (Å²) in [5.74, 6) is -0.765. The Bertz CT molecular complexity index is 1290. The predicted octanol–water partition coefficient (Wildman–Crippen LogP) is 1.46. The number of nitrogens with zero attached hydrogens (tertiary/aromatic N) is 3. The van der Waals surface area contributed by atoms with Crippen molar-refractivity contribution in [3.63, 3.8) is 0 Å². The van der Waals surface area contributed by atoms with Gasteiger partial charge in [-0.3, -0.25) is 13.9 Å². The van der Waals surface area contributed by atoms with Crippen LogP contribution in [-0.4, -0.2) is 9.13 Å². The summed E-state index contributed by atoms with van der Waals surface area (Å²) in [6, 6.07) is 15.5. The van der Waals surface area contributed by atoms with E-state index in [2.05, 4.69) is 6.07 Å². The maximum Gasteiger partial charge on any atom is 0.333 e. The van der Waals surface area contributed by atoms with Crippen LogP contribution in [0.15, 0.2) is 63.5 Å². The highest BCUT2D eigenvalue weighted by Gasteiger charge is 2.36. The molecule has 0 saturated heterocycles. The summed E-state index contributed by atoms with van der Waals surface area (Å²) in [6.45, 7) is 0. The molecule has 1 atom stereocenters. The lowest BCUT2D eigenvalue weighted by molar-refractivity contribution is 0.348. The number of benzene rings is 2. The van der Waals surface area contributed by atoms with Crippen molar-refractivity contribution in [1.82, 2.24) is 9.13 Å². The number of nitrogens with two attached hydrogens (primary N) is 1. The topological polar surface area (TPSA) is 103 Å². The summed E-state index contributed by atoms with van der Waals surface area (Å²) >= 11 is 0. The molecule has 0 spiro atoms. The predicted molar refractivity (Wildman–Crippen MR) is 100 cm³/mol. The lowest BCUT2D eigenvalue weighted by Gasteiger charge is -2.27. The largest absolute Gasteiger partial charge is 0.423 e. The van der Waals surface area contributed by atoms with Gasteiger partial charge >= 0.3 is 5.69 Å². The van der Waals surface area contributed by atoms with Crippen molar-refractivity contribution in [1.29, 1.82) is 5.26 Å². The Morgan fingerprint density at radius 2 is 1.78 bits per heavy atom. The molecule has 0 fully saturated rings. The lowest BCUT2D eigenvalue weighted by Crippen LogP contribution is -2.42. The molecule has 0 aliphatic carbocycles. The lowest BCUT2D eigenvalue weighted by atomic mass is 9.82. The number of ether oxygens (including phenoxy) is 1. The first-order valence-corrected chi connectivity index (χ1v) is 8.31. The van der Waals surface area contributed by atoms with Gasteiger partial charge in [-0.25, -0.2) is 4.79 Å². The fourth-order valence-corrected chi connectivity index (χ4v) is 3.60. The SMILES string of the molecule is Cn1c2c(c(=O)n(C)c1=O)C(c1cccc3ccccc13)C(C#N)=C(N)O2. The fourth-order valence-electron chi connectivity index (χ4n) is 3.60. The third-order valence-electron chi connectivity index (χ3n) is 4.95. The normalized spacial score (nSPS) is 16.0. The highest BCUT2D eigenvalue weighted by Crippen LogP contribution is 2.41. The van der Waals surface area contributed by atoms with Crippen LogP contribution in [0.25, 0.3) is 10.8 Å². The third kappa shape index (κ3) is 2.27. The third-order valence-corrected chi connectivity index (χ3v) is 4.95. The van der Waals surface area contributed by atoms with Crippen LogP contribution in [0.2, 0.25) is 0 Å². The van der Waals surface area contributed by atoms with Crippen LogP contribution in [0, 0.1) is 11.3 Å². The second-order valence-corrected chi connectivity index (χ2v) is 6.42. The highest BCUT2D eigenvalue weighted by atomic mass is 16.5. The van der Waals surface area contributed by atoms with E-state index in [4.69, 9.17) is 10.5 Å². The maximum absolute atomic E-state index is 13.0. The van der Waals surface area contributed by atoms with Crippen molar-refractivity contribution < 1.29 is 4.74 Å². The minimum Gasteiger partial charge on any atom is -0.423 e. The van der Waals surface area contributed by atoms with Gasteiger partial charge in [0.2, 0.25) is 11.8 Å². The number of aromatic nitrogens is 2. The molecule has 1 aliphatic heterocycles. The van der Waals surface area contributed by atoms with Crippen molar-refractivity contribution in [2.24, 2.45) is 19.8 Å². The summed E-state index contributed by atoms with van der Waals surface area (Å²) in [7, 11) is 2.91. The Balaban J connectivity index is 2.17. The molecule has 27 heavy (non-hydrogen) atoms. The van der Waals surface area contributed by atoms with E-state index < -0.39 is 17.2 Å². The summed E-state index contributed by atoms with van der Waals surface area (Å²) in [4.78, 5) is 25.3. The van der Waals surface area contributed by atoms with Crippen molar-refractivity contribution >= 4 is 10.8 Å². The molecule has 0 radical (unpaired) electrons. The zero-order valence-electron chi connectivity index (χ0n) is 14.8. The van der Waals surface area contributed by atoms with Crippen molar-refractivity contribution in [3.8, 4) is 11.9 Å². The first kappa shape index (κ1) is 16.7. The van der Waals surface area contributed by atoms with Gasteiger partial charge in [0.25, 0.3) is 5.56 Å². The van der Waals surface area contributed by atoms with Gasteiger partial charge in [0, 0.05) is 14.1 Å². The molecule has 0 bridgehead atoms. The van der Waals surface area contributed by atoms with Gasteiger partial charge in [-0.1, -0.05) is 42.5 Å². The number of nitriles is 1. The molecule has 0 amide bonds. The van der Waals surface area contributed by atoms with Crippen LogP contribution >= 0.6 is 0 Å². The molecule has 1 aromatic heterocycles. The minimum absolute atomic E-state index is 0.0672. The van der Waals surface area contributed by atoms with Crippen LogP contribution < -0.4 is 21.7 Å². The molecule has 2 aromatic carbocycles. The Morgan fingerprint density at radius 1 is 1.07 bits per heavy atom. The van der Waals surface area contributed by atoms with E-state index in [9.17, 15) is 14.9 Å². The molecule has 2 N–H and O–H groups in total. The fraction of sp³-hybridized carbons (Fsp3) is 0.150. The van der Waals surface area contributed by atoms with E-state index in [0.29, 0.717) is 0 Å². The molecule has 1 unspecified atom stereocenters. The van der Waals surface area contributed by atoms with E-state index in [1.165, 1.54) is 18.7 Å².